The summed E-state index contributed by atoms with van der Waals surface area (Å²) in [6, 6.07) is 7.16. The first kappa shape index (κ1) is 15.1. The molecule has 0 radical (unpaired) electrons. The van der Waals surface area contributed by atoms with Crippen LogP contribution in [0.2, 0.25) is 0 Å². The third-order valence-electron chi connectivity index (χ3n) is 4.65. The predicted octanol–water partition coefficient (Wildman–Crippen LogP) is 2.51. The van der Waals surface area contributed by atoms with Gasteiger partial charge in [-0.1, -0.05) is 18.2 Å². The van der Waals surface area contributed by atoms with Gasteiger partial charge in [0.2, 0.25) is 11.7 Å². The average Bonchev–Trinajstić information content (AvgIpc) is 3.13. The van der Waals surface area contributed by atoms with E-state index in [1.807, 2.05) is 24.3 Å². The number of alkyl halides is 2. The van der Waals surface area contributed by atoms with Gasteiger partial charge in [-0.05, 0) is 12.5 Å². The molecule has 4 rings (SSSR count). The Kier molecular flexibility index (Phi) is 3.35. The van der Waals surface area contributed by atoms with Gasteiger partial charge >= 0.3 is 0 Å². The van der Waals surface area contributed by atoms with E-state index >= 15 is 0 Å². The molecular formula is C17H17F2N3O2. The Morgan fingerprint density at radius 2 is 2.08 bits per heavy atom. The number of aliphatic hydroxyl groups excluding tert-OH is 1. The van der Waals surface area contributed by atoms with Gasteiger partial charge in [-0.3, -0.25) is 4.79 Å². The van der Waals surface area contributed by atoms with Crippen LogP contribution < -0.4 is 10.6 Å². The molecule has 2 aromatic rings. The molecule has 24 heavy (non-hydrogen) atoms. The molecule has 0 amide bonds. The number of para-hydroxylation sites is 1. The van der Waals surface area contributed by atoms with Crippen LogP contribution in [0, 0.1) is 0 Å². The van der Waals surface area contributed by atoms with E-state index in [-0.39, 0.29) is 18.5 Å². The maximum absolute atomic E-state index is 13.3. The van der Waals surface area contributed by atoms with Crippen molar-refractivity contribution >= 4 is 22.4 Å². The molecule has 1 saturated carbocycles. The van der Waals surface area contributed by atoms with Crippen LogP contribution >= 0.6 is 0 Å². The maximum Gasteiger partial charge on any atom is 0.250 e. The van der Waals surface area contributed by atoms with E-state index in [0.717, 1.165) is 10.9 Å². The number of rotatable bonds is 4. The van der Waals surface area contributed by atoms with Crippen LogP contribution in [0.5, 0.6) is 0 Å². The van der Waals surface area contributed by atoms with Crippen molar-refractivity contribution in [2.24, 2.45) is 0 Å². The molecule has 0 aliphatic heterocycles. The van der Waals surface area contributed by atoms with Crippen molar-refractivity contribution in [2.45, 2.75) is 37.3 Å². The zero-order valence-electron chi connectivity index (χ0n) is 12.8. The summed E-state index contributed by atoms with van der Waals surface area (Å²) in [6.45, 7) is 0. The van der Waals surface area contributed by atoms with Gasteiger partial charge in [0.25, 0.3) is 0 Å². The number of hydrogen-bond donors (Lipinski definition) is 4. The molecule has 126 valence electrons. The lowest BCUT2D eigenvalue weighted by Gasteiger charge is -2.31. The van der Waals surface area contributed by atoms with E-state index in [1.165, 1.54) is 0 Å². The summed E-state index contributed by atoms with van der Waals surface area (Å²) < 4.78 is 26.6. The van der Waals surface area contributed by atoms with Crippen molar-refractivity contribution < 1.29 is 18.7 Å². The molecule has 0 spiro atoms. The summed E-state index contributed by atoms with van der Waals surface area (Å²) >= 11 is 0. The summed E-state index contributed by atoms with van der Waals surface area (Å²) in [5.41, 5.74) is 2.16. The number of anilines is 1. The molecule has 1 aromatic carbocycles. The van der Waals surface area contributed by atoms with Gasteiger partial charge in [-0.25, -0.2) is 8.78 Å². The second-order valence-electron chi connectivity index (χ2n) is 6.37. The number of Topliss-reactive ketones (excluding diaryl/α,β-unsaturated/α-hetero) is 1. The van der Waals surface area contributed by atoms with Gasteiger partial charge in [0.15, 0.2) is 6.10 Å². The molecule has 0 bridgehead atoms. The normalized spacial score (nSPS) is 25.9. The van der Waals surface area contributed by atoms with Crippen LogP contribution in [-0.4, -0.2) is 33.9 Å². The van der Waals surface area contributed by atoms with Crippen molar-refractivity contribution in [2.75, 3.05) is 5.32 Å². The summed E-state index contributed by atoms with van der Waals surface area (Å²) in [7, 11) is 0. The Balaban J connectivity index is 1.58. The lowest BCUT2D eigenvalue weighted by atomic mass is 9.94. The van der Waals surface area contributed by atoms with Crippen LogP contribution in [0.1, 0.15) is 19.3 Å². The predicted molar refractivity (Wildman–Crippen MR) is 85.7 cm³/mol. The highest BCUT2D eigenvalue weighted by atomic mass is 19.3. The van der Waals surface area contributed by atoms with Crippen LogP contribution in [-0.2, 0) is 4.79 Å². The van der Waals surface area contributed by atoms with Gasteiger partial charge in [0, 0.05) is 36.0 Å². The van der Waals surface area contributed by atoms with Gasteiger partial charge in [-0.15, -0.1) is 0 Å². The fraction of sp³-hybridized carbons (Fsp3) is 0.353. The number of halogens is 2. The Bertz CT molecular complexity index is 843. The summed E-state index contributed by atoms with van der Waals surface area (Å²) in [4.78, 5) is 15.1. The highest BCUT2D eigenvalue weighted by Crippen LogP contribution is 2.37. The van der Waals surface area contributed by atoms with E-state index in [4.69, 9.17) is 0 Å². The zero-order chi connectivity index (χ0) is 16.9. The molecule has 1 fully saturated rings. The molecular weight excluding hydrogens is 316 g/mol. The third-order valence-corrected chi connectivity index (χ3v) is 4.65. The largest absolute Gasteiger partial charge is 0.381 e. The smallest absolute Gasteiger partial charge is 0.250 e. The lowest BCUT2D eigenvalue weighted by molar-refractivity contribution is -0.124. The number of aliphatic hydroxyl groups is 1. The van der Waals surface area contributed by atoms with E-state index in [1.54, 1.807) is 6.20 Å². The van der Waals surface area contributed by atoms with E-state index in [0.29, 0.717) is 17.8 Å². The van der Waals surface area contributed by atoms with E-state index in [9.17, 15) is 18.7 Å². The van der Waals surface area contributed by atoms with Crippen molar-refractivity contribution in [3.8, 4) is 0 Å². The topological polar surface area (TPSA) is 77.2 Å². The van der Waals surface area contributed by atoms with Crippen LogP contribution in [0.4, 0.5) is 14.5 Å². The third kappa shape index (κ3) is 2.45. The quantitative estimate of drug-likeness (QED) is 0.693. The number of hydrogen-bond acceptors (Lipinski definition) is 4. The zero-order valence-corrected chi connectivity index (χ0v) is 12.8. The second kappa shape index (κ2) is 5.31. The highest BCUT2D eigenvalue weighted by molar-refractivity contribution is 6.11. The molecule has 0 saturated heterocycles. The monoisotopic (exact) mass is 333 g/mol. The number of ketones is 1. The maximum atomic E-state index is 13.3. The Morgan fingerprint density at radius 3 is 2.83 bits per heavy atom. The first-order valence-corrected chi connectivity index (χ1v) is 7.88. The van der Waals surface area contributed by atoms with Gasteiger partial charge in [-0.2, -0.15) is 0 Å². The number of benzene rings is 1. The number of carbonyl (C=O) groups excluding carboxylic acids is 1. The number of aromatic nitrogens is 1. The number of H-pyrrole nitrogens is 1. The molecule has 7 heteroatoms. The lowest BCUT2D eigenvalue weighted by Crippen LogP contribution is -2.48. The van der Waals surface area contributed by atoms with Crippen molar-refractivity contribution in [3.05, 3.63) is 41.9 Å². The molecule has 2 atom stereocenters. The summed E-state index contributed by atoms with van der Waals surface area (Å²) in [5.74, 6) is -3.12. The van der Waals surface area contributed by atoms with Gasteiger partial charge in [0.1, 0.15) is 5.70 Å². The number of carbonyl (C=O) groups is 1. The van der Waals surface area contributed by atoms with E-state index in [2.05, 4.69) is 15.6 Å². The minimum Gasteiger partial charge on any atom is -0.381 e. The molecule has 1 heterocycles. The van der Waals surface area contributed by atoms with Crippen molar-refractivity contribution in [1.29, 1.82) is 0 Å². The molecule has 2 aliphatic rings. The Hall–Kier alpha value is -2.41. The molecule has 2 unspecified atom stereocenters. The Labute approximate surface area is 136 Å². The van der Waals surface area contributed by atoms with Gasteiger partial charge in [0.05, 0.1) is 11.4 Å². The first-order valence-electron chi connectivity index (χ1n) is 7.88. The van der Waals surface area contributed by atoms with E-state index < -0.39 is 23.9 Å². The second-order valence-corrected chi connectivity index (χ2v) is 6.37. The molecule has 4 N–H and O–H groups in total. The number of fused-ring (bicyclic) bond motifs is 1. The summed E-state index contributed by atoms with van der Waals surface area (Å²) in [6.07, 6.45) is 0.326. The summed E-state index contributed by atoms with van der Waals surface area (Å²) in [5, 5.41) is 16.7. The van der Waals surface area contributed by atoms with Crippen LogP contribution in [0.15, 0.2) is 41.9 Å². The molecule has 1 aromatic heterocycles. The highest BCUT2D eigenvalue weighted by Gasteiger charge is 2.44. The Morgan fingerprint density at radius 1 is 1.29 bits per heavy atom. The standard InChI is InChI=1S/C17H17F2N3O2/c18-17(19)6-5-9(7-17)21-13-14(16(24)15(13)23)22-12-8-20-11-4-2-1-3-10(11)12/h1-4,8-9,15,20-23H,5-7H2. The van der Waals surface area contributed by atoms with Crippen LogP contribution in [0.3, 0.4) is 0 Å². The average molecular weight is 333 g/mol. The first-order chi connectivity index (χ1) is 11.4. The fourth-order valence-electron chi connectivity index (χ4n) is 3.34. The fourth-order valence-corrected chi connectivity index (χ4v) is 3.34. The minimum absolute atomic E-state index is 0.173. The molecule has 2 aliphatic carbocycles. The number of nitrogens with one attached hydrogen (secondary N) is 3. The van der Waals surface area contributed by atoms with Crippen molar-refractivity contribution in [3.63, 3.8) is 0 Å². The minimum atomic E-state index is -2.68. The number of aromatic amines is 1. The van der Waals surface area contributed by atoms with Gasteiger partial charge < -0.3 is 20.7 Å². The molecule has 5 nitrogen and oxygen atoms in total. The van der Waals surface area contributed by atoms with Crippen molar-refractivity contribution in [1.82, 2.24) is 10.3 Å². The van der Waals surface area contributed by atoms with Crippen LogP contribution in [0.25, 0.3) is 10.9 Å². The SMILES string of the molecule is O=C1C(Nc2c[nH]c3ccccc23)=C(NC2CCC(F)(F)C2)C1O.